The Morgan fingerprint density at radius 2 is 2.00 bits per heavy atom. The first-order valence-corrected chi connectivity index (χ1v) is 6.72. The van der Waals surface area contributed by atoms with Crippen LogP contribution in [0.1, 0.15) is 20.3 Å². The van der Waals surface area contributed by atoms with E-state index in [-0.39, 0.29) is 6.29 Å². The van der Waals surface area contributed by atoms with Crippen LogP contribution < -0.4 is 0 Å². The third-order valence-electron chi connectivity index (χ3n) is 1.02. The highest BCUT2D eigenvalue weighted by Crippen LogP contribution is 1.96. The second-order valence-electron chi connectivity index (χ2n) is 2.62. The van der Waals surface area contributed by atoms with Gasteiger partial charge in [0.1, 0.15) is 6.29 Å². The van der Waals surface area contributed by atoms with Crippen LogP contribution in [0.5, 0.6) is 0 Å². The van der Waals surface area contributed by atoms with E-state index >= 15 is 0 Å². The molecule has 0 amide bonds. The van der Waals surface area contributed by atoms with Crippen LogP contribution in [-0.2, 0) is 9.16 Å². The third-order valence-corrected chi connectivity index (χ3v) is 1.95. The van der Waals surface area contributed by atoms with E-state index in [1.807, 2.05) is 6.92 Å². The minimum atomic E-state index is -0.896. The van der Waals surface area contributed by atoms with Gasteiger partial charge in [0.25, 0.3) is 0 Å². The summed E-state index contributed by atoms with van der Waals surface area (Å²) < 4.78 is 10.8. The molecule has 0 saturated heterocycles. The van der Waals surface area contributed by atoms with Crippen molar-refractivity contribution in [3.05, 3.63) is 0 Å². The van der Waals surface area contributed by atoms with Crippen LogP contribution in [-0.4, -0.2) is 21.9 Å². The number of ether oxygens (including phenoxy) is 1. The number of hydrogen-bond acceptors (Lipinski definition) is 2. The van der Waals surface area contributed by atoms with E-state index in [0.29, 0.717) is 0 Å². The molecule has 10 heavy (non-hydrogen) atoms. The molecular weight excluding hydrogens is 144 g/mol. The molecule has 1 unspecified atom stereocenters. The van der Waals surface area contributed by atoms with Gasteiger partial charge in [-0.25, -0.2) is 0 Å². The molecule has 3 heteroatoms. The van der Waals surface area contributed by atoms with Crippen molar-refractivity contribution in [1.82, 2.24) is 0 Å². The topological polar surface area (TPSA) is 18.5 Å². The van der Waals surface area contributed by atoms with Gasteiger partial charge in [0, 0.05) is 6.61 Å². The zero-order chi connectivity index (χ0) is 7.98. The van der Waals surface area contributed by atoms with Gasteiger partial charge in [-0.15, -0.1) is 0 Å². The van der Waals surface area contributed by atoms with Crippen molar-refractivity contribution >= 4 is 9.04 Å². The Kier molecular flexibility index (Phi) is 5.97. The molecule has 0 aromatic carbocycles. The average molecular weight is 162 g/mol. The van der Waals surface area contributed by atoms with Crippen molar-refractivity contribution in [3.63, 3.8) is 0 Å². The Balaban J connectivity index is 3.16. The van der Waals surface area contributed by atoms with Gasteiger partial charge in [0.15, 0.2) is 9.04 Å². The summed E-state index contributed by atoms with van der Waals surface area (Å²) in [5.41, 5.74) is 0. The zero-order valence-electron chi connectivity index (χ0n) is 7.39. The molecular formula is C7H18O2Si. The van der Waals surface area contributed by atoms with Gasteiger partial charge in [-0.1, -0.05) is 6.92 Å². The molecule has 0 aliphatic rings. The van der Waals surface area contributed by atoms with Crippen molar-refractivity contribution in [2.45, 2.75) is 39.7 Å². The Bertz CT molecular complexity index is 76.0. The first-order chi connectivity index (χ1) is 4.66. The lowest BCUT2D eigenvalue weighted by Gasteiger charge is -2.15. The fraction of sp³-hybridized carbons (Fsp3) is 1.00. The maximum atomic E-state index is 5.47. The van der Waals surface area contributed by atoms with Crippen molar-refractivity contribution in [2.24, 2.45) is 0 Å². The van der Waals surface area contributed by atoms with Gasteiger partial charge < -0.3 is 9.16 Å². The van der Waals surface area contributed by atoms with Gasteiger partial charge in [-0.3, -0.25) is 0 Å². The largest absolute Gasteiger partial charge is 0.396 e. The lowest BCUT2D eigenvalue weighted by atomic mass is 10.5. The van der Waals surface area contributed by atoms with Gasteiger partial charge in [-0.2, -0.15) is 0 Å². The summed E-state index contributed by atoms with van der Waals surface area (Å²) in [4.78, 5) is 0. The molecule has 0 rings (SSSR count). The normalized spacial score (nSPS) is 14.1. The van der Waals surface area contributed by atoms with Crippen molar-refractivity contribution in [2.75, 3.05) is 6.61 Å². The summed E-state index contributed by atoms with van der Waals surface area (Å²) in [6.07, 6.45) is 1.07. The Labute approximate surface area is 65.3 Å². The summed E-state index contributed by atoms with van der Waals surface area (Å²) in [5.74, 6) is 0. The van der Waals surface area contributed by atoms with Gasteiger partial charge in [0.05, 0.1) is 0 Å². The van der Waals surface area contributed by atoms with Crippen LogP contribution in [0, 0.1) is 0 Å². The van der Waals surface area contributed by atoms with E-state index in [1.54, 1.807) is 0 Å². The minimum Gasteiger partial charge on any atom is -0.396 e. The third kappa shape index (κ3) is 6.26. The average Bonchev–Trinajstić information content (AvgIpc) is 1.82. The van der Waals surface area contributed by atoms with E-state index in [2.05, 4.69) is 20.0 Å². The molecule has 0 aliphatic carbocycles. The van der Waals surface area contributed by atoms with E-state index in [4.69, 9.17) is 9.16 Å². The van der Waals surface area contributed by atoms with Crippen molar-refractivity contribution in [1.29, 1.82) is 0 Å². The molecule has 0 aromatic heterocycles. The fourth-order valence-electron chi connectivity index (χ4n) is 0.706. The second-order valence-corrected chi connectivity index (χ2v) is 4.99. The highest BCUT2D eigenvalue weighted by Gasteiger charge is 2.03. The van der Waals surface area contributed by atoms with Crippen LogP contribution in [0.2, 0.25) is 13.1 Å². The molecule has 2 nitrogen and oxygen atoms in total. The SMILES string of the molecule is CCCOC(C)O[SiH](C)C. The maximum Gasteiger partial charge on any atom is 0.174 e. The van der Waals surface area contributed by atoms with Crippen LogP contribution in [0.25, 0.3) is 0 Å². The Hall–Kier alpha value is 0.137. The highest BCUT2D eigenvalue weighted by atomic mass is 28.3. The molecule has 0 spiro atoms. The first-order valence-electron chi connectivity index (χ1n) is 3.93. The van der Waals surface area contributed by atoms with E-state index in [0.717, 1.165) is 13.0 Å². The zero-order valence-corrected chi connectivity index (χ0v) is 8.54. The maximum absolute atomic E-state index is 5.47. The molecule has 62 valence electrons. The second kappa shape index (κ2) is 5.89. The number of hydrogen-bond donors (Lipinski definition) is 0. The quantitative estimate of drug-likeness (QED) is 0.453. The molecule has 0 bridgehead atoms. The van der Waals surface area contributed by atoms with Gasteiger partial charge in [-0.05, 0) is 26.4 Å². The van der Waals surface area contributed by atoms with Crippen LogP contribution >= 0.6 is 0 Å². The standard InChI is InChI=1S/C7H18O2Si/c1-5-6-8-7(2)9-10(3)4/h7,10H,5-6H2,1-4H3. The molecule has 0 aromatic rings. The van der Waals surface area contributed by atoms with Crippen LogP contribution in [0.15, 0.2) is 0 Å². The summed E-state index contributed by atoms with van der Waals surface area (Å²) in [6, 6.07) is 0. The van der Waals surface area contributed by atoms with Crippen LogP contribution in [0.3, 0.4) is 0 Å². The lowest BCUT2D eigenvalue weighted by Crippen LogP contribution is -2.20. The highest BCUT2D eigenvalue weighted by molar-refractivity contribution is 6.48. The molecule has 0 N–H and O–H groups in total. The first kappa shape index (κ1) is 10.1. The summed E-state index contributed by atoms with van der Waals surface area (Å²) in [5, 5.41) is 0. The molecule has 0 heterocycles. The minimum absolute atomic E-state index is 0.00613. The molecule has 0 saturated carbocycles. The number of rotatable bonds is 5. The van der Waals surface area contributed by atoms with Crippen molar-refractivity contribution in [3.8, 4) is 0 Å². The molecule has 0 fully saturated rings. The predicted octanol–water partition coefficient (Wildman–Crippen LogP) is 1.76. The summed E-state index contributed by atoms with van der Waals surface area (Å²) in [7, 11) is -0.896. The van der Waals surface area contributed by atoms with E-state index in [1.165, 1.54) is 0 Å². The van der Waals surface area contributed by atoms with Crippen LogP contribution in [0.4, 0.5) is 0 Å². The molecule has 0 aliphatic heterocycles. The smallest absolute Gasteiger partial charge is 0.174 e. The molecule has 0 radical (unpaired) electrons. The van der Waals surface area contributed by atoms with E-state index < -0.39 is 9.04 Å². The summed E-state index contributed by atoms with van der Waals surface area (Å²) in [6.45, 7) is 9.15. The Morgan fingerprint density at radius 1 is 1.40 bits per heavy atom. The predicted molar refractivity (Wildman–Crippen MR) is 45.7 cm³/mol. The lowest BCUT2D eigenvalue weighted by molar-refractivity contribution is -0.0680. The fourth-order valence-corrected chi connectivity index (χ4v) is 1.55. The van der Waals surface area contributed by atoms with Gasteiger partial charge in [0.2, 0.25) is 0 Å². The summed E-state index contributed by atoms with van der Waals surface area (Å²) >= 11 is 0. The van der Waals surface area contributed by atoms with E-state index in [9.17, 15) is 0 Å². The van der Waals surface area contributed by atoms with Crippen molar-refractivity contribution < 1.29 is 9.16 Å². The monoisotopic (exact) mass is 162 g/mol. The Morgan fingerprint density at radius 3 is 2.40 bits per heavy atom. The van der Waals surface area contributed by atoms with Gasteiger partial charge >= 0.3 is 0 Å². The molecule has 1 atom stereocenters.